The molecule has 3 rings (SSSR count). The molecule has 2 heterocycles. The van der Waals surface area contributed by atoms with Gasteiger partial charge in [-0.1, -0.05) is 6.07 Å². The lowest BCUT2D eigenvalue weighted by Crippen LogP contribution is -2.23. The summed E-state index contributed by atoms with van der Waals surface area (Å²) in [4.78, 5) is 15.9. The standard InChI is InChI=1S/C15H16N6O3/c1-23-11-3-2-4-12(6-11)24-8-10-5-13(20-19-10)15(22)16-7-14-17-9-18-21-14/h2-6,9H,7-8H2,1H3,(H,16,22)(H,19,20)(H,17,18,21). The molecule has 0 aliphatic rings. The minimum atomic E-state index is -0.310. The van der Waals surface area contributed by atoms with Gasteiger partial charge in [-0.25, -0.2) is 4.98 Å². The van der Waals surface area contributed by atoms with Gasteiger partial charge in [-0.05, 0) is 18.2 Å². The topological polar surface area (TPSA) is 118 Å². The van der Waals surface area contributed by atoms with Crippen molar-refractivity contribution in [2.75, 3.05) is 7.11 Å². The number of hydrogen-bond acceptors (Lipinski definition) is 6. The number of aromatic nitrogens is 5. The van der Waals surface area contributed by atoms with Crippen molar-refractivity contribution in [2.45, 2.75) is 13.2 Å². The molecule has 0 radical (unpaired) electrons. The number of rotatable bonds is 7. The zero-order valence-corrected chi connectivity index (χ0v) is 12.9. The van der Waals surface area contributed by atoms with Gasteiger partial charge in [-0.2, -0.15) is 10.2 Å². The second kappa shape index (κ2) is 7.27. The number of nitrogens with one attached hydrogen (secondary N) is 3. The number of carbonyl (C=O) groups excluding carboxylic acids is 1. The molecule has 0 saturated carbocycles. The molecule has 1 amide bonds. The van der Waals surface area contributed by atoms with Gasteiger partial charge in [0.15, 0.2) is 0 Å². The molecule has 0 unspecified atom stereocenters. The molecule has 24 heavy (non-hydrogen) atoms. The van der Waals surface area contributed by atoms with Gasteiger partial charge in [-0.3, -0.25) is 15.0 Å². The van der Waals surface area contributed by atoms with E-state index in [-0.39, 0.29) is 24.8 Å². The van der Waals surface area contributed by atoms with Crippen LogP contribution >= 0.6 is 0 Å². The second-order valence-corrected chi connectivity index (χ2v) is 4.86. The Morgan fingerprint density at radius 3 is 2.92 bits per heavy atom. The Balaban J connectivity index is 1.53. The van der Waals surface area contributed by atoms with Crippen LogP contribution in [0.3, 0.4) is 0 Å². The third-order valence-corrected chi connectivity index (χ3v) is 3.18. The van der Waals surface area contributed by atoms with Gasteiger partial charge < -0.3 is 14.8 Å². The highest BCUT2D eigenvalue weighted by Crippen LogP contribution is 2.19. The van der Waals surface area contributed by atoms with Gasteiger partial charge in [0, 0.05) is 6.07 Å². The van der Waals surface area contributed by atoms with Crippen molar-refractivity contribution in [2.24, 2.45) is 0 Å². The first kappa shape index (κ1) is 15.5. The molecule has 9 nitrogen and oxygen atoms in total. The molecular weight excluding hydrogens is 312 g/mol. The van der Waals surface area contributed by atoms with E-state index in [4.69, 9.17) is 9.47 Å². The van der Waals surface area contributed by atoms with Crippen molar-refractivity contribution in [3.8, 4) is 11.5 Å². The number of hydrogen-bond donors (Lipinski definition) is 3. The number of aromatic amines is 2. The summed E-state index contributed by atoms with van der Waals surface area (Å²) < 4.78 is 10.8. The molecule has 0 fully saturated rings. The van der Waals surface area contributed by atoms with E-state index in [1.807, 2.05) is 18.2 Å². The molecule has 2 aromatic heterocycles. The Morgan fingerprint density at radius 2 is 2.12 bits per heavy atom. The van der Waals surface area contributed by atoms with Gasteiger partial charge in [0.05, 0.1) is 19.3 Å². The quantitative estimate of drug-likeness (QED) is 0.596. The molecule has 0 spiro atoms. The zero-order valence-electron chi connectivity index (χ0n) is 12.9. The van der Waals surface area contributed by atoms with Gasteiger partial charge in [0.25, 0.3) is 5.91 Å². The summed E-state index contributed by atoms with van der Waals surface area (Å²) >= 11 is 0. The van der Waals surface area contributed by atoms with Crippen LogP contribution in [0.4, 0.5) is 0 Å². The van der Waals surface area contributed by atoms with E-state index in [0.29, 0.717) is 23.0 Å². The van der Waals surface area contributed by atoms with Crippen LogP contribution in [0.25, 0.3) is 0 Å². The van der Waals surface area contributed by atoms with Crippen molar-refractivity contribution in [3.05, 3.63) is 53.9 Å². The first-order valence-corrected chi connectivity index (χ1v) is 7.18. The molecule has 3 N–H and O–H groups in total. The minimum Gasteiger partial charge on any atom is -0.497 e. The highest BCUT2D eigenvalue weighted by molar-refractivity contribution is 5.92. The van der Waals surface area contributed by atoms with Crippen molar-refractivity contribution >= 4 is 5.91 Å². The van der Waals surface area contributed by atoms with Gasteiger partial charge in [0.1, 0.15) is 36.0 Å². The highest BCUT2D eigenvalue weighted by atomic mass is 16.5. The third kappa shape index (κ3) is 3.88. The van der Waals surface area contributed by atoms with Crippen molar-refractivity contribution in [1.29, 1.82) is 0 Å². The van der Waals surface area contributed by atoms with Crippen molar-refractivity contribution < 1.29 is 14.3 Å². The zero-order chi connectivity index (χ0) is 16.8. The van der Waals surface area contributed by atoms with Gasteiger partial charge in [-0.15, -0.1) is 0 Å². The summed E-state index contributed by atoms with van der Waals surface area (Å²) in [7, 11) is 1.59. The predicted octanol–water partition coefficient (Wildman–Crippen LogP) is 1.05. The van der Waals surface area contributed by atoms with E-state index in [0.717, 1.165) is 0 Å². The van der Waals surface area contributed by atoms with Crippen molar-refractivity contribution in [1.82, 2.24) is 30.7 Å². The maximum absolute atomic E-state index is 12.0. The lowest BCUT2D eigenvalue weighted by molar-refractivity contribution is 0.0945. The molecule has 0 saturated heterocycles. The Bertz CT molecular complexity index is 799. The van der Waals surface area contributed by atoms with Crippen LogP contribution in [0.5, 0.6) is 11.5 Å². The predicted molar refractivity (Wildman–Crippen MR) is 83.5 cm³/mol. The molecule has 0 bridgehead atoms. The summed E-state index contributed by atoms with van der Waals surface area (Å²) in [5.41, 5.74) is 0.960. The smallest absolute Gasteiger partial charge is 0.272 e. The number of nitrogens with zero attached hydrogens (tertiary/aromatic N) is 3. The highest BCUT2D eigenvalue weighted by Gasteiger charge is 2.11. The molecule has 0 aliphatic carbocycles. The van der Waals surface area contributed by atoms with E-state index >= 15 is 0 Å². The first-order chi connectivity index (χ1) is 11.7. The van der Waals surface area contributed by atoms with Crippen LogP contribution in [-0.2, 0) is 13.2 Å². The fourth-order valence-electron chi connectivity index (χ4n) is 1.97. The number of ether oxygens (including phenoxy) is 2. The average molecular weight is 328 g/mol. The number of carbonyl (C=O) groups is 1. The molecule has 124 valence electrons. The molecule has 0 aliphatic heterocycles. The van der Waals surface area contributed by atoms with Crippen LogP contribution < -0.4 is 14.8 Å². The summed E-state index contributed by atoms with van der Waals surface area (Å²) in [6.07, 6.45) is 1.38. The van der Waals surface area contributed by atoms with Gasteiger partial charge in [0.2, 0.25) is 0 Å². The lowest BCUT2D eigenvalue weighted by atomic mass is 10.3. The Labute approximate surface area is 137 Å². The molecule has 3 aromatic rings. The van der Waals surface area contributed by atoms with Crippen LogP contribution in [0.1, 0.15) is 22.0 Å². The van der Waals surface area contributed by atoms with Crippen molar-refractivity contribution in [3.63, 3.8) is 0 Å². The number of amides is 1. The van der Waals surface area contributed by atoms with Gasteiger partial charge >= 0.3 is 0 Å². The van der Waals surface area contributed by atoms with E-state index in [1.165, 1.54) is 6.33 Å². The second-order valence-electron chi connectivity index (χ2n) is 4.86. The van der Waals surface area contributed by atoms with E-state index in [2.05, 4.69) is 30.7 Å². The first-order valence-electron chi connectivity index (χ1n) is 7.18. The fourth-order valence-corrected chi connectivity index (χ4v) is 1.97. The Morgan fingerprint density at radius 1 is 1.25 bits per heavy atom. The summed E-state index contributed by atoms with van der Waals surface area (Å²) in [5.74, 6) is 1.64. The largest absolute Gasteiger partial charge is 0.497 e. The van der Waals surface area contributed by atoms with Crippen LogP contribution in [0.2, 0.25) is 0 Å². The number of benzene rings is 1. The number of methoxy groups -OCH3 is 1. The normalized spacial score (nSPS) is 10.4. The summed E-state index contributed by atoms with van der Waals surface area (Å²) in [5, 5.41) is 15.8. The lowest BCUT2D eigenvalue weighted by Gasteiger charge is -2.06. The minimum absolute atomic E-state index is 0.251. The Hall–Kier alpha value is -3.36. The SMILES string of the molecule is COc1cccc(OCc2cc(C(=O)NCc3ncn[nH]3)n[nH]2)c1. The van der Waals surface area contributed by atoms with E-state index in [9.17, 15) is 4.79 Å². The van der Waals surface area contributed by atoms with Crippen LogP contribution in [-0.4, -0.2) is 38.4 Å². The maximum atomic E-state index is 12.0. The average Bonchev–Trinajstić information content (AvgIpc) is 3.30. The van der Waals surface area contributed by atoms with Crippen LogP contribution in [0.15, 0.2) is 36.7 Å². The van der Waals surface area contributed by atoms with E-state index < -0.39 is 0 Å². The maximum Gasteiger partial charge on any atom is 0.272 e. The third-order valence-electron chi connectivity index (χ3n) is 3.18. The number of H-pyrrole nitrogens is 2. The monoisotopic (exact) mass is 328 g/mol. The molecule has 0 atom stereocenters. The van der Waals surface area contributed by atoms with E-state index in [1.54, 1.807) is 19.2 Å². The van der Waals surface area contributed by atoms with Crippen LogP contribution in [0, 0.1) is 0 Å². The summed E-state index contributed by atoms with van der Waals surface area (Å²) in [6.45, 7) is 0.511. The molecule has 9 heteroatoms. The Kier molecular flexibility index (Phi) is 4.70. The molecule has 1 aromatic carbocycles. The summed E-state index contributed by atoms with van der Waals surface area (Å²) in [6, 6.07) is 8.91. The molecular formula is C15H16N6O3. The fraction of sp³-hybridized carbons (Fsp3) is 0.200.